The molecule has 32 heavy (non-hydrogen) atoms. The molecular formula is C25H22BrN5S. The van der Waals surface area contributed by atoms with E-state index in [1.165, 1.54) is 0 Å². The number of nitrogens with zero attached hydrogens (tertiary/aromatic N) is 4. The number of hydrogen-bond donors (Lipinski definition) is 1. The van der Waals surface area contributed by atoms with Gasteiger partial charge in [-0.1, -0.05) is 28.1 Å². The molecule has 5 nitrogen and oxygen atoms in total. The van der Waals surface area contributed by atoms with Crippen molar-refractivity contribution in [1.29, 1.82) is 0 Å². The summed E-state index contributed by atoms with van der Waals surface area (Å²) in [6.07, 6.45) is 7.66. The molecule has 1 aromatic carbocycles. The van der Waals surface area contributed by atoms with Gasteiger partial charge >= 0.3 is 0 Å². The second kappa shape index (κ2) is 8.84. The Hall–Kier alpha value is -3.03. The highest BCUT2D eigenvalue weighted by molar-refractivity contribution is 9.10. The van der Waals surface area contributed by atoms with Gasteiger partial charge in [0.15, 0.2) is 5.11 Å². The van der Waals surface area contributed by atoms with Crippen LogP contribution in [0.2, 0.25) is 0 Å². The van der Waals surface area contributed by atoms with Crippen LogP contribution in [-0.2, 0) is 6.54 Å². The lowest BCUT2D eigenvalue weighted by atomic mass is 10.0. The number of halogens is 1. The number of rotatable bonds is 5. The topological polar surface area (TPSA) is 46.0 Å². The summed E-state index contributed by atoms with van der Waals surface area (Å²) in [6, 6.07) is 20.6. The summed E-state index contributed by atoms with van der Waals surface area (Å²) in [5.41, 5.74) is 5.50. The van der Waals surface area contributed by atoms with Gasteiger partial charge in [-0.05, 0) is 78.8 Å². The zero-order valence-corrected chi connectivity index (χ0v) is 19.9. The molecule has 5 rings (SSSR count). The van der Waals surface area contributed by atoms with Gasteiger partial charge in [-0.15, -0.1) is 0 Å². The number of nitrogens with one attached hydrogen (secondary N) is 1. The van der Waals surface area contributed by atoms with Crippen LogP contribution in [0.3, 0.4) is 0 Å². The predicted octanol–water partition coefficient (Wildman–Crippen LogP) is 5.57. The smallest absolute Gasteiger partial charge is 0.174 e. The van der Waals surface area contributed by atoms with Crippen LogP contribution in [0.5, 0.6) is 0 Å². The molecule has 1 fully saturated rings. The van der Waals surface area contributed by atoms with Crippen LogP contribution < -0.4 is 10.2 Å². The second-order valence-corrected chi connectivity index (χ2v) is 9.09. The standard InChI is InChI=1S/C25H22BrN5S/c1-17-14-19(9-10-20(17)26)31-24(23(29-25(31)32)21-7-2-3-12-28-21)22-8-5-13-30(22)16-18-6-4-11-27-15-18/h2-15,23-24H,16H2,1H3,(H,29,32)/t23-,24-/m1/s1. The number of anilines is 1. The molecule has 1 N–H and O–H groups in total. The van der Waals surface area contributed by atoms with Crippen molar-refractivity contribution >= 4 is 38.9 Å². The Bertz CT molecular complexity index is 1240. The van der Waals surface area contributed by atoms with Crippen molar-refractivity contribution in [3.8, 4) is 0 Å². The van der Waals surface area contributed by atoms with Gasteiger partial charge in [0.2, 0.25) is 0 Å². The third-order valence-electron chi connectivity index (χ3n) is 5.76. The molecule has 0 saturated carbocycles. The third kappa shape index (κ3) is 3.94. The zero-order valence-electron chi connectivity index (χ0n) is 17.5. The van der Waals surface area contributed by atoms with Crippen LogP contribution in [0.1, 0.15) is 34.6 Å². The lowest BCUT2D eigenvalue weighted by Gasteiger charge is -2.29. The van der Waals surface area contributed by atoms with Gasteiger partial charge in [0, 0.05) is 47.2 Å². The third-order valence-corrected chi connectivity index (χ3v) is 6.97. The van der Waals surface area contributed by atoms with Crippen molar-refractivity contribution in [3.05, 3.63) is 112 Å². The highest BCUT2D eigenvalue weighted by Crippen LogP contribution is 2.42. The van der Waals surface area contributed by atoms with Gasteiger partial charge in [-0.2, -0.15) is 0 Å². The van der Waals surface area contributed by atoms with Crippen molar-refractivity contribution in [2.24, 2.45) is 0 Å². The zero-order chi connectivity index (χ0) is 22.1. The number of pyridine rings is 2. The van der Waals surface area contributed by atoms with E-state index >= 15 is 0 Å². The molecule has 160 valence electrons. The SMILES string of the molecule is Cc1cc(N2C(=S)N[C@H](c3ccccn3)[C@H]2c2cccn2Cc2cccnc2)ccc1Br. The van der Waals surface area contributed by atoms with E-state index in [-0.39, 0.29) is 12.1 Å². The van der Waals surface area contributed by atoms with Gasteiger partial charge in [-0.25, -0.2) is 0 Å². The Kier molecular flexibility index (Phi) is 5.76. The van der Waals surface area contributed by atoms with E-state index in [0.29, 0.717) is 5.11 Å². The molecule has 4 heterocycles. The Morgan fingerprint density at radius 1 is 1.06 bits per heavy atom. The quantitative estimate of drug-likeness (QED) is 0.360. The Morgan fingerprint density at radius 3 is 2.72 bits per heavy atom. The molecule has 2 atom stereocenters. The summed E-state index contributed by atoms with van der Waals surface area (Å²) in [6.45, 7) is 2.83. The largest absolute Gasteiger partial charge is 0.351 e. The maximum Gasteiger partial charge on any atom is 0.174 e. The van der Waals surface area contributed by atoms with Crippen molar-refractivity contribution in [3.63, 3.8) is 0 Å². The number of benzene rings is 1. The molecule has 1 saturated heterocycles. The summed E-state index contributed by atoms with van der Waals surface area (Å²) in [5.74, 6) is 0. The number of aryl methyl sites for hydroxylation is 1. The Labute approximate surface area is 201 Å². The predicted molar refractivity (Wildman–Crippen MR) is 135 cm³/mol. The normalized spacial score (nSPS) is 18.1. The van der Waals surface area contributed by atoms with Crippen molar-refractivity contribution in [2.45, 2.75) is 25.6 Å². The molecule has 3 aromatic heterocycles. The minimum absolute atomic E-state index is 0.0513. The maximum absolute atomic E-state index is 5.86. The fourth-order valence-electron chi connectivity index (χ4n) is 4.24. The Balaban J connectivity index is 1.61. The van der Waals surface area contributed by atoms with E-state index in [4.69, 9.17) is 12.2 Å². The van der Waals surface area contributed by atoms with E-state index in [9.17, 15) is 0 Å². The number of hydrogen-bond acceptors (Lipinski definition) is 3. The molecule has 7 heteroatoms. The molecule has 1 aliphatic heterocycles. The van der Waals surface area contributed by atoms with E-state index in [1.54, 1.807) is 6.20 Å². The lowest BCUT2D eigenvalue weighted by Crippen LogP contribution is -2.30. The van der Waals surface area contributed by atoms with E-state index in [0.717, 1.165) is 39.2 Å². The highest BCUT2D eigenvalue weighted by Gasteiger charge is 2.42. The average molecular weight is 504 g/mol. The molecule has 0 bridgehead atoms. The summed E-state index contributed by atoms with van der Waals surface area (Å²) < 4.78 is 3.35. The van der Waals surface area contributed by atoms with Crippen molar-refractivity contribution in [1.82, 2.24) is 19.9 Å². The molecule has 0 spiro atoms. The van der Waals surface area contributed by atoms with Crippen LogP contribution >= 0.6 is 28.1 Å². The first kappa shape index (κ1) is 20.8. The fourth-order valence-corrected chi connectivity index (χ4v) is 4.83. The minimum Gasteiger partial charge on any atom is -0.351 e. The molecule has 0 radical (unpaired) electrons. The molecular weight excluding hydrogens is 482 g/mol. The molecule has 0 unspecified atom stereocenters. The van der Waals surface area contributed by atoms with Crippen LogP contribution in [-0.4, -0.2) is 19.6 Å². The number of thiocarbonyl (C=S) groups is 1. The lowest BCUT2D eigenvalue weighted by molar-refractivity contribution is 0.533. The van der Waals surface area contributed by atoms with Crippen LogP contribution in [0.15, 0.2) is 89.9 Å². The fraction of sp³-hybridized carbons (Fsp3) is 0.160. The van der Waals surface area contributed by atoms with Crippen LogP contribution in [0, 0.1) is 6.92 Å². The minimum atomic E-state index is -0.0739. The first-order valence-corrected chi connectivity index (χ1v) is 11.6. The van der Waals surface area contributed by atoms with Gasteiger partial charge in [0.25, 0.3) is 0 Å². The summed E-state index contributed by atoms with van der Waals surface area (Å²) in [4.78, 5) is 11.1. The van der Waals surface area contributed by atoms with Crippen LogP contribution in [0.4, 0.5) is 5.69 Å². The monoisotopic (exact) mass is 503 g/mol. The van der Waals surface area contributed by atoms with E-state index in [1.807, 2.05) is 30.6 Å². The van der Waals surface area contributed by atoms with Gasteiger partial charge < -0.3 is 14.8 Å². The summed E-state index contributed by atoms with van der Waals surface area (Å²) in [7, 11) is 0. The number of aromatic nitrogens is 3. The first-order valence-electron chi connectivity index (χ1n) is 10.4. The first-order chi connectivity index (χ1) is 15.6. The molecule has 1 aliphatic rings. The molecule has 0 amide bonds. The van der Waals surface area contributed by atoms with E-state index in [2.05, 4.69) is 96.3 Å². The van der Waals surface area contributed by atoms with Gasteiger partial charge in [0.05, 0.1) is 11.7 Å². The Morgan fingerprint density at radius 2 is 1.97 bits per heavy atom. The van der Waals surface area contributed by atoms with E-state index < -0.39 is 0 Å². The molecule has 0 aliphatic carbocycles. The summed E-state index contributed by atoms with van der Waals surface area (Å²) in [5, 5.41) is 4.24. The van der Waals surface area contributed by atoms with Gasteiger partial charge in [0.1, 0.15) is 6.04 Å². The van der Waals surface area contributed by atoms with Crippen molar-refractivity contribution < 1.29 is 0 Å². The van der Waals surface area contributed by atoms with Crippen molar-refractivity contribution in [2.75, 3.05) is 4.90 Å². The van der Waals surface area contributed by atoms with Crippen LogP contribution in [0.25, 0.3) is 0 Å². The average Bonchev–Trinajstić information content (AvgIpc) is 3.40. The second-order valence-electron chi connectivity index (χ2n) is 7.85. The highest BCUT2D eigenvalue weighted by atomic mass is 79.9. The molecule has 4 aromatic rings. The maximum atomic E-state index is 5.86. The summed E-state index contributed by atoms with van der Waals surface area (Å²) >= 11 is 9.47. The van der Waals surface area contributed by atoms with Gasteiger partial charge in [-0.3, -0.25) is 9.97 Å².